The van der Waals surface area contributed by atoms with Crippen molar-refractivity contribution >= 4 is 31.9 Å². The molecule has 5 heteroatoms. The number of hydrogen-bond donors (Lipinski definition) is 1. The van der Waals surface area contributed by atoms with Crippen LogP contribution >= 0.6 is 31.9 Å². The van der Waals surface area contributed by atoms with E-state index in [2.05, 4.69) is 57.6 Å². The number of nitrogens with one attached hydrogen (secondary N) is 1. The quantitative estimate of drug-likeness (QED) is 0.816. The summed E-state index contributed by atoms with van der Waals surface area (Å²) in [6.07, 6.45) is 1.77. The first-order chi connectivity index (χ1) is 7.90. The topological polar surface area (TPSA) is 34.0 Å². The van der Waals surface area contributed by atoms with Crippen molar-refractivity contribution in [3.05, 3.63) is 43.7 Å². The number of hydrogen-bond acceptors (Lipinski definition) is 2. The molecule has 0 aliphatic carbocycles. The predicted molar refractivity (Wildman–Crippen MR) is 78.4 cm³/mol. The molecule has 0 bridgehead atoms. The highest BCUT2D eigenvalue weighted by Gasteiger charge is 2.05. The first kappa shape index (κ1) is 14.7. The molecule has 0 aliphatic rings. The standard InChI is InChI=1S/C12H16Br2N2O/c1-8(2)15-5-9(3)6-16-7-10(13)4-11(14)12(16)17/h4,7-8,15H,3,5-6H2,1-2H3. The molecule has 94 valence electrons. The maximum atomic E-state index is 11.8. The Morgan fingerprint density at radius 1 is 1.53 bits per heavy atom. The van der Waals surface area contributed by atoms with Crippen LogP contribution in [0.15, 0.2) is 38.2 Å². The molecule has 0 amide bonds. The summed E-state index contributed by atoms with van der Waals surface area (Å²) in [6, 6.07) is 2.16. The molecule has 17 heavy (non-hydrogen) atoms. The zero-order valence-corrected chi connectivity index (χ0v) is 13.1. The van der Waals surface area contributed by atoms with Gasteiger partial charge in [0, 0.05) is 29.8 Å². The summed E-state index contributed by atoms with van der Waals surface area (Å²) in [5.41, 5.74) is 0.935. The summed E-state index contributed by atoms with van der Waals surface area (Å²) in [6.45, 7) is 9.37. The van der Waals surface area contributed by atoms with Crippen LogP contribution in [0.25, 0.3) is 0 Å². The van der Waals surface area contributed by atoms with E-state index in [0.717, 1.165) is 10.0 Å². The second kappa shape index (κ2) is 6.52. The Morgan fingerprint density at radius 3 is 2.76 bits per heavy atom. The Morgan fingerprint density at radius 2 is 2.18 bits per heavy atom. The fraction of sp³-hybridized carbons (Fsp3) is 0.417. The van der Waals surface area contributed by atoms with E-state index in [1.165, 1.54) is 0 Å². The highest BCUT2D eigenvalue weighted by Crippen LogP contribution is 2.13. The van der Waals surface area contributed by atoms with Crippen LogP contribution in [0.1, 0.15) is 13.8 Å². The van der Waals surface area contributed by atoms with Crippen molar-refractivity contribution in [1.29, 1.82) is 0 Å². The zero-order chi connectivity index (χ0) is 13.0. The van der Waals surface area contributed by atoms with Gasteiger partial charge in [0.25, 0.3) is 5.56 Å². The number of halogens is 2. The van der Waals surface area contributed by atoms with Crippen LogP contribution in [0.3, 0.4) is 0 Å². The van der Waals surface area contributed by atoms with Crippen molar-refractivity contribution in [2.45, 2.75) is 26.4 Å². The highest BCUT2D eigenvalue weighted by molar-refractivity contribution is 9.11. The molecule has 0 atom stereocenters. The lowest BCUT2D eigenvalue weighted by atomic mass is 10.2. The number of nitrogens with zero attached hydrogens (tertiary/aromatic N) is 1. The van der Waals surface area contributed by atoms with Crippen LogP contribution < -0.4 is 10.9 Å². The van der Waals surface area contributed by atoms with Gasteiger partial charge in [0.2, 0.25) is 0 Å². The molecule has 0 saturated carbocycles. The van der Waals surface area contributed by atoms with Gasteiger partial charge in [-0.05, 0) is 43.5 Å². The van der Waals surface area contributed by atoms with Crippen molar-refractivity contribution in [2.75, 3.05) is 6.54 Å². The van der Waals surface area contributed by atoms with Crippen LogP contribution in [0, 0.1) is 0 Å². The molecular formula is C12H16Br2N2O. The van der Waals surface area contributed by atoms with Crippen molar-refractivity contribution in [3.8, 4) is 0 Å². The maximum Gasteiger partial charge on any atom is 0.265 e. The Labute approximate surface area is 118 Å². The first-order valence-corrected chi connectivity index (χ1v) is 6.94. The smallest absolute Gasteiger partial charge is 0.265 e. The van der Waals surface area contributed by atoms with Crippen LogP contribution in [-0.2, 0) is 6.54 Å². The Bertz CT molecular complexity index is 466. The molecule has 0 unspecified atom stereocenters. The molecule has 1 N–H and O–H groups in total. The number of pyridine rings is 1. The summed E-state index contributed by atoms with van der Waals surface area (Å²) in [5.74, 6) is 0. The number of rotatable bonds is 5. The third kappa shape index (κ3) is 4.77. The molecular weight excluding hydrogens is 348 g/mol. The fourth-order valence-corrected chi connectivity index (χ4v) is 2.59. The molecule has 0 fully saturated rings. The summed E-state index contributed by atoms with van der Waals surface area (Å²) in [7, 11) is 0. The van der Waals surface area contributed by atoms with E-state index in [9.17, 15) is 4.79 Å². The Kier molecular flexibility index (Phi) is 5.62. The van der Waals surface area contributed by atoms with Gasteiger partial charge in [-0.15, -0.1) is 0 Å². The summed E-state index contributed by atoms with van der Waals surface area (Å²) < 4.78 is 3.06. The van der Waals surface area contributed by atoms with Gasteiger partial charge in [0.05, 0.1) is 4.47 Å². The average Bonchev–Trinajstić information content (AvgIpc) is 2.22. The van der Waals surface area contributed by atoms with Gasteiger partial charge in [-0.1, -0.05) is 20.4 Å². The van der Waals surface area contributed by atoms with Gasteiger partial charge in [0.15, 0.2) is 0 Å². The van der Waals surface area contributed by atoms with E-state index in [0.29, 0.717) is 23.6 Å². The molecule has 1 rings (SSSR count). The molecule has 0 radical (unpaired) electrons. The van der Waals surface area contributed by atoms with Gasteiger partial charge in [0.1, 0.15) is 0 Å². The third-order valence-electron chi connectivity index (χ3n) is 2.16. The minimum absolute atomic E-state index is 0.0427. The van der Waals surface area contributed by atoms with Crippen molar-refractivity contribution in [1.82, 2.24) is 9.88 Å². The Hall–Kier alpha value is -0.390. The van der Waals surface area contributed by atoms with Crippen LogP contribution in [-0.4, -0.2) is 17.2 Å². The van der Waals surface area contributed by atoms with Gasteiger partial charge in [-0.2, -0.15) is 0 Å². The number of aromatic nitrogens is 1. The van der Waals surface area contributed by atoms with Gasteiger partial charge in [-0.25, -0.2) is 0 Å². The monoisotopic (exact) mass is 362 g/mol. The lowest BCUT2D eigenvalue weighted by Crippen LogP contribution is -2.28. The van der Waals surface area contributed by atoms with Crippen LogP contribution in [0.2, 0.25) is 0 Å². The van der Waals surface area contributed by atoms with Crippen LogP contribution in [0.4, 0.5) is 0 Å². The van der Waals surface area contributed by atoms with Crippen molar-refractivity contribution in [2.24, 2.45) is 0 Å². The molecule has 0 aromatic carbocycles. The van der Waals surface area contributed by atoms with E-state index >= 15 is 0 Å². The third-order valence-corrected chi connectivity index (χ3v) is 3.16. The summed E-state index contributed by atoms with van der Waals surface area (Å²) >= 11 is 6.60. The first-order valence-electron chi connectivity index (χ1n) is 5.35. The normalized spacial score (nSPS) is 10.9. The van der Waals surface area contributed by atoms with E-state index in [1.54, 1.807) is 16.8 Å². The maximum absolute atomic E-state index is 11.8. The molecule has 1 aromatic rings. The summed E-state index contributed by atoms with van der Waals surface area (Å²) in [5, 5.41) is 3.28. The van der Waals surface area contributed by atoms with E-state index in [1.807, 2.05) is 0 Å². The van der Waals surface area contributed by atoms with Crippen molar-refractivity contribution < 1.29 is 0 Å². The second-order valence-corrected chi connectivity index (χ2v) is 5.99. The van der Waals surface area contributed by atoms with Crippen molar-refractivity contribution in [3.63, 3.8) is 0 Å². The second-order valence-electron chi connectivity index (χ2n) is 4.22. The average molecular weight is 364 g/mol. The van der Waals surface area contributed by atoms with Gasteiger partial charge in [-0.3, -0.25) is 4.79 Å². The lowest BCUT2D eigenvalue weighted by molar-refractivity contribution is 0.599. The molecule has 0 aliphatic heterocycles. The largest absolute Gasteiger partial charge is 0.311 e. The fourth-order valence-electron chi connectivity index (χ4n) is 1.33. The SMILES string of the molecule is C=C(CNC(C)C)Cn1cc(Br)cc(Br)c1=O. The molecule has 0 spiro atoms. The zero-order valence-electron chi connectivity index (χ0n) is 9.96. The Balaban J connectivity index is 2.75. The molecule has 1 heterocycles. The van der Waals surface area contributed by atoms with Gasteiger partial charge >= 0.3 is 0 Å². The minimum atomic E-state index is -0.0427. The van der Waals surface area contributed by atoms with E-state index < -0.39 is 0 Å². The van der Waals surface area contributed by atoms with Gasteiger partial charge < -0.3 is 9.88 Å². The molecule has 0 saturated heterocycles. The van der Waals surface area contributed by atoms with E-state index in [4.69, 9.17) is 0 Å². The van der Waals surface area contributed by atoms with Crippen LogP contribution in [0.5, 0.6) is 0 Å². The summed E-state index contributed by atoms with van der Waals surface area (Å²) in [4.78, 5) is 11.8. The molecule has 3 nitrogen and oxygen atoms in total. The predicted octanol–water partition coefficient (Wildman–Crippen LogP) is 2.93. The van der Waals surface area contributed by atoms with E-state index in [-0.39, 0.29) is 5.56 Å². The molecule has 1 aromatic heterocycles. The lowest BCUT2D eigenvalue weighted by Gasteiger charge is -2.12. The highest BCUT2D eigenvalue weighted by atomic mass is 79.9. The minimum Gasteiger partial charge on any atom is -0.311 e.